The maximum absolute atomic E-state index is 10.6. The zero-order valence-corrected chi connectivity index (χ0v) is 7.63. The van der Waals surface area contributed by atoms with Gasteiger partial charge in [0.05, 0.1) is 10.6 Å². The molecule has 4 heteroatoms. The number of aldehydes is 1. The van der Waals surface area contributed by atoms with Crippen LogP contribution in [0.1, 0.15) is 26.3 Å². The number of carbonyl (C=O) groups excluding carboxylic acids is 1. The van der Waals surface area contributed by atoms with E-state index in [-0.39, 0.29) is 10.6 Å². The summed E-state index contributed by atoms with van der Waals surface area (Å²) >= 11 is 5.64. The van der Waals surface area contributed by atoms with Gasteiger partial charge in [-0.1, -0.05) is 11.6 Å². The molecule has 0 atom stereocenters. The van der Waals surface area contributed by atoms with Crippen molar-refractivity contribution in [2.75, 3.05) is 0 Å². The molecular weight excluding hydrogens is 192 g/mol. The minimum atomic E-state index is -1.09. The topological polar surface area (TPSA) is 54.4 Å². The van der Waals surface area contributed by atoms with Crippen LogP contribution in [0.2, 0.25) is 5.02 Å². The van der Waals surface area contributed by atoms with Crippen LogP contribution < -0.4 is 0 Å². The Kier molecular flexibility index (Phi) is 2.68. The normalized spacial score (nSPS) is 9.69. The summed E-state index contributed by atoms with van der Waals surface area (Å²) in [4.78, 5) is 21.1. The monoisotopic (exact) mass is 198 g/mol. The van der Waals surface area contributed by atoms with Crippen molar-refractivity contribution in [3.63, 3.8) is 0 Å². The van der Waals surface area contributed by atoms with E-state index in [9.17, 15) is 9.59 Å². The van der Waals surface area contributed by atoms with Crippen LogP contribution in [0.4, 0.5) is 0 Å². The molecule has 1 rings (SSSR count). The summed E-state index contributed by atoms with van der Waals surface area (Å²) in [5.41, 5.74) is 1.04. The first kappa shape index (κ1) is 9.74. The van der Waals surface area contributed by atoms with Gasteiger partial charge in [0.1, 0.15) is 6.29 Å². The Morgan fingerprint density at radius 1 is 1.54 bits per heavy atom. The molecule has 1 aromatic carbocycles. The van der Waals surface area contributed by atoms with Gasteiger partial charge in [0.25, 0.3) is 0 Å². The Labute approximate surface area is 79.9 Å². The number of hydrogen-bond donors (Lipinski definition) is 1. The third kappa shape index (κ3) is 1.87. The van der Waals surface area contributed by atoms with E-state index in [1.54, 1.807) is 6.92 Å². The fourth-order valence-electron chi connectivity index (χ4n) is 0.988. The molecule has 0 heterocycles. The van der Waals surface area contributed by atoms with Crippen molar-refractivity contribution in [3.8, 4) is 0 Å². The Hall–Kier alpha value is -1.35. The number of rotatable bonds is 2. The maximum Gasteiger partial charge on any atom is 0.337 e. The minimum Gasteiger partial charge on any atom is -0.478 e. The summed E-state index contributed by atoms with van der Waals surface area (Å²) in [6, 6.07) is 2.74. The van der Waals surface area contributed by atoms with Gasteiger partial charge in [0, 0.05) is 5.56 Å². The first-order valence-corrected chi connectivity index (χ1v) is 3.92. The molecule has 0 bridgehead atoms. The molecular formula is C9H7ClO3. The summed E-state index contributed by atoms with van der Waals surface area (Å²) in [5, 5.41) is 8.76. The van der Waals surface area contributed by atoms with Crippen molar-refractivity contribution in [1.29, 1.82) is 0 Å². The molecule has 0 aliphatic rings. The van der Waals surface area contributed by atoms with Crippen LogP contribution >= 0.6 is 11.6 Å². The smallest absolute Gasteiger partial charge is 0.337 e. The molecule has 0 fully saturated rings. The second kappa shape index (κ2) is 3.58. The zero-order valence-electron chi connectivity index (χ0n) is 6.87. The number of carboxylic acids is 1. The van der Waals surface area contributed by atoms with Crippen LogP contribution in [0, 0.1) is 6.92 Å². The van der Waals surface area contributed by atoms with Crippen LogP contribution in [0.5, 0.6) is 0 Å². The van der Waals surface area contributed by atoms with Crippen molar-refractivity contribution in [1.82, 2.24) is 0 Å². The van der Waals surface area contributed by atoms with E-state index in [4.69, 9.17) is 16.7 Å². The van der Waals surface area contributed by atoms with Crippen molar-refractivity contribution in [2.24, 2.45) is 0 Å². The third-order valence-electron chi connectivity index (χ3n) is 1.71. The summed E-state index contributed by atoms with van der Waals surface area (Å²) in [6.45, 7) is 1.66. The quantitative estimate of drug-likeness (QED) is 0.741. The van der Waals surface area contributed by atoms with Crippen LogP contribution in [0.25, 0.3) is 0 Å². The van der Waals surface area contributed by atoms with Gasteiger partial charge in [-0.3, -0.25) is 4.79 Å². The van der Waals surface area contributed by atoms with E-state index in [0.717, 1.165) is 0 Å². The fourth-order valence-corrected chi connectivity index (χ4v) is 1.24. The van der Waals surface area contributed by atoms with Crippen LogP contribution in [0.3, 0.4) is 0 Å². The Morgan fingerprint density at radius 2 is 2.15 bits per heavy atom. The lowest BCUT2D eigenvalue weighted by Gasteiger charge is -2.02. The standard InChI is InChI=1S/C9H7ClO3/c1-5-2-7(9(12)13)8(10)3-6(5)4-11/h2-4H,1H3,(H,12,13). The number of aryl methyl sites for hydroxylation is 1. The van der Waals surface area contributed by atoms with Crippen molar-refractivity contribution >= 4 is 23.9 Å². The molecule has 0 spiro atoms. The van der Waals surface area contributed by atoms with E-state index in [1.807, 2.05) is 0 Å². The van der Waals surface area contributed by atoms with E-state index in [1.165, 1.54) is 12.1 Å². The average Bonchev–Trinajstić information content (AvgIpc) is 2.07. The van der Waals surface area contributed by atoms with Gasteiger partial charge in [-0.05, 0) is 24.6 Å². The molecule has 1 N–H and O–H groups in total. The molecule has 68 valence electrons. The lowest BCUT2D eigenvalue weighted by atomic mass is 10.1. The van der Waals surface area contributed by atoms with Gasteiger partial charge in [-0.25, -0.2) is 4.79 Å². The summed E-state index contributed by atoms with van der Waals surface area (Å²) in [6.07, 6.45) is 0.646. The minimum absolute atomic E-state index is 0.0183. The molecule has 0 amide bonds. The SMILES string of the molecule is Cc1cc(C(=O)O)c(Cl)cc1C=O. The number of carbonyl (C=O) groups is 2. The Morgan fingerprint density at radius 3 is 2.62 bits per heavy atom. The van der Waals surface area contributed by atoms with Gasteiger partial charge < -0.3 is 5.11 Å². The number of carboxylic acid groups (broad SMARTS) is 1. The van der Waals surface area contributed by atoms with Gasteiger partial charge in [0.2, 0.25) is 0 Å². The van der Waals surface area contributed by atoms with Crippen molar-refractivity contribution in [3.05, 3.63) is 33.8 Å². The predicted molar refractivity (Wildman–Crippen MR) is 48.5 cm³/mol. The van der Waals surface area contributed by atoms with Crippen molar-refractivity contribution < 1.29 is 14.7 Å². The molecule has 0 saturated heterocycles. The Balaban J connectivity index is 3.36. The van der Waals surface area contributed by atoms with Crippen LogP contribution in [-0.2, 0) is 0 Å². The highest BCUT2D eigenvalue weighted by molar-refractivity contribution is 6.33. The van der Waals surface area contributed by atoms with Crippen LogP contribution in [-0.4, -0.2) is 17.4 Å². The molecule has 1 aromatic rings. The van der Waals surface area contributed by atoms with Crippen LogP contribution in [0.15, 0.2) is 12.1 Å². The fraction of sp³-hybridized carbons (Fsp3) is 0.111. The first-order valence-electron chi connectivity index (χ1n) is 3.55. The third-order valence-corrected chi connectivity index (χ3v) is 2.03. The number of aromatic carboxylic acids is 1. The molecule has 0 aromatic heterocycles. The molecule has 0 unspecified atom stereocenters. The molecule has 0 radical (unpaired) electrons. The summed E-state index contributed by atoms with van der Waals surface area (Å²) in [7, 11) is 0. The largest absolute Gasteiger partial charge is 0.478 e. The highest BCUT2D eigenvalue weighted by Gasteiger charge is 2.10. The molecule has 0 aliphatic carbocycles. The summed E-state index contributed by atoms with van der Waals surface area (Å²) < 4.78 is 0. The molecule has 0 saturated carbocycles. The molecule has 0 aliphatic heterocycles. The lowest BCUT2D eigenvalue weighted by molar-refractivity contribution is 0.0696. The predicted octanol–water partition coefficient (Wildman–Crippen LogP) is 2.16. The molecule has 13 heavy (non-hydrogen) atoms. The second-order valence-corrected chi connectivity index (χ2v) is 3.02. The lowest BCUT2D eigenvalue weighted by Crippen LogP contribution is -2.00. The van der Waals surface area contributed by atoms with Gasteiger partial charge >= 0.3 is 5.97 Å². The maximum atomic E-state index is 10.6. The summed E-state index contributed by atoms with van der Waals surface area (Å²) in [5.74, 6) is -1.09. The van der Waals surface area contributed by atoms with Gasteiger partial charge in [-0.15, -0.1) is 0 Å². The average molecular weight is 199 g/mol. The number of hydrogen-bond acceptors (Lipinski definition) is 2. The van der Waals surface area contributed by atoms with E-state index in [0.29, 0.717) is 17.4 Å². The zero-order chi connectivity index (χ0) is 10.0. The molecule has 3 nitrogen and oxygen atoms in total. The van der Waals surface area contributed by atoms with E-state index >= 15 is 0 Å². The van der Waals surface area contributed by atoms with Gasteiger partial charge in [0.15, 0.2) is 0 Å². The Bertz CT molecular complexity index is 371. The van der Waals surface area contributed by atoms with Gasteiger partial charge in [-0.2, -0.15) is 0 Å². The second-order valence-electron chi connectivity index (χ2n) is 2.61. The van der Waals surface area contributed by atoms with Crippen molar-refractivity contribution in [2.45, 2.75) is 6.92 Å². The van der Waals surface area contributed by atoms with E-state index < -0.39 is 5.97 Å². The van der Waals surface area contributed by atoms with E-state index in [2.05, 4.69) is 0 Å². The first-order chi connectivity index (χ1) is 6.06. The highest BCUT2D eigenvalue weighted by Crippen LogP contribution is 2.20. The highest BCUT2D eigenvalue weighted by atomic mass is 35.5. The number of benzene rings is 1. The number of halogens is 1.